The number of aromatic nitrogens is 1. The van der Waals surface area contributed by atoms with Crippen LogP contribution in [0, 0.1) is 0 Å². The minimum Gasteiger partial charge on any atom is -0.503 e. The van der Waals surface area contributed by atoms with Crippen LogP contribution in [0.2, 0.25) is 0 Å². The fourth-order valence-electron chi connectivity index (χ4n) is 4.97. The molecule has 1 N–H and O–H groups in total. The zero-order chi connectivity index (χ0) is 22.8. The summed E-state index contributed by atoms with van der Waals surface area (Å²) < 4.78 is 7.99. The van der Waals surface area contributed by atoms with Crippen LogP contribution in [0.4, 0.5) is 0 Å². The number of benzene rings is 2. The first-order chi connectivity index (χ1) is 16.1. The number of aromatic hydroxyl groups is 1. The third-order valence-electron chi connectivity index (χ3n) is 6.93. The minimum absolute atomic E-state index is 0.00396. The largest absolute Gasteiger partial charge is 0.503 e. The smallest absolute Gasteiger partial charge is 0.223 e. The van der Waals surface area contributed by atoms with Gasteiger partial charge in [-0.15, -0.1) is 0 Å². The van der Waals surface area contributed by atoms with Crippen molar-refractivity contribution in [3.05, 3.63) is 99.0 Å². The molecule has 0 saturated carbocycles. The minimum atomic E-state index is -0.302. The van der Waals surface area contributed by atoms with E-state index in [1.54, 1.807) is 6.07 Å². The van der Waals surface area contributed by atoms with Crippen LogP contribution in [0.1, 0.15) is 34.2 Å². The molecule has 0 bridgehead atoms. The first kappa shape index (κ1) is 21.9. The number of hydrogen-bond acceptors (Lipinski definition) is 5. The summed E-state index contributed by atoms with van der Waals surface area (Å²) in [6, 6.07) is 20.4. The van der Waals surface area contributed by atoms with Crippen LogP contribution >= 0.6 is 0 Å². The van der Waals surface area contributed by atoms with Crippen molar-refractivity contribution in [1.82, 2.24) is 14.4 Å². The molecule has 1 atom stereocenters. The molecule has 0 radical (unpaired) electrons. The average Bonchev–Trinajstić information content (AvgIpc) is 2.86. The maximum absolute atomic E-state index is 12.7. The predicted octanol–water partition coefficient (Wildman–Crippen LogP) is 3.22. The first-order valence-electron chi connectivity index (χ1n) is 11.7. The van der Waals surface area contributed by atoms with E-state index in [-0.39, 0.29) is 17.3 Å². The molecule has 0 amide bonds. The van der Waals surface area contributed by atoms with E-state index >= 15 is 0 Å². The van der Waals surface area contributed by atoms with E-state index in [2.05, 4.69) is 46.2 Å². The fraction of sp³-hybridized carbons (Fsp3) is 0.370. The van der Waals surface area contributed by atoms with Gasteiger partial charge in [0.25, 0.3) is 0 Å². The molecule has 1 fully saturated rings. The molecule has 2 aliphatic rings. The van der Waals surface area contributed by atoms with E-state index in [1.807, 2.05) is 29.8 Å². The van der Waals surface area contributed by atoms with Gasteiger partial charge in [0.15, 0.2) is 5.75 Å². The fourth-order valence-corrected chi connectivity index (χ4v) is 4.97. The summed E-state index contributed by atoms with van der Waals surface area (Å²) in [4.78, 5) is 17.3. The van der Waals surface area contributed by atoms with E-state index in [0.717, 1.165) is 43.9 Å². The molecule has 6 nitrogen and oxygen atoms in total. The van der Waals surface area contributed by atoms with Gasteiger partial charge in [-0.2, -0.15) is 0 Å². The van der Waals surface area contributed by atoms with Gasteiger partial charge in [-0.25, -0.2) is 0 Å². The van der Waals surface area contributed by atoms with Crippen molar-refractivity contribution in [2.45, 2.75) is 32.2 Å². The van der Waals surface area contributed by atoms with Crippen molar-refractivity contribution >= 4 is 0 Å². The van der Waals surface area contributed by atoms with Gasteiger partial charge in [-0.05, 0) is 23.1 Å². The SMILES string of the molecule is Cn1c(CN2CCc3ccccc3C2)cc(=O)c(O)c1CN1CCOC(c2ccccc2)C1. The summed E-state index contributed by atoms with van der Waals surface area (Å²) in [6.07, 6.45) is 1.01. The van der Waals surface area contributed by atoms with Gasteiger partial charge in [0.05, 0.1) is 18.4 Å². The van der Waals surface area contributed by atoms with Crippen LogP contribution in [0.5, 0.6) is 5.75 Å². The Kier molecular flexibility index (Phi) is 6.31. The lowest BCUT2D eigenvalue weighted by Gasteiger charge is -2.34. The predicted molar refractivity (Wildman–Crippen MR) is 128 cm³/mol. The van der Waals surface area contributed by atoms with Gasteiger partial charge in [-0.1, -0.05) is 54.6 Å². The second-order valence-corrected chi connectivity index (χ2v) is 9.09. The molecule has 2 aromatic carbocycles. The second kappa shape index (κ2) is 9.51. The molecular formula is C27H31N3O3. The van der Waals surface area contributed by atoms with Crippen molar-refractivity contribution in [2.24, 2.45) is 7.05 Å². The molecule has 0 aliphatic carbocycles. The normalized spacial score (nSPS) is 19.4. The lowest BCUT2D eigenvalue weighted by atomic mass is 10.00. The molecule has 1 unspecified atom stereocenters. The number of ether oxygens (including phenoxy) is 1. The average molecular weight is 446 g/mol. The van der Waals surface area contributed by atoms with Crippen LogP contribution in [0.3, 0.4) is 0 Å². The van der Waals surface area contributed by atoms with Crippen LogP contribution in [-0.2, 0) is 37.8 Å². The van der Waals surface area contributed by atoms with Gasteiger partial charge < -0.3 is 14.4 Å². The highest BCUT2D eigenvalue weighted by Gasteiger charge is 2.25. The highest BCUT2D eigenvalue weighted by atomic mass is 16.5. The molecule has 1 aromatic heterocycles. The standard InChI is InChI=1S/C27H31N3O3/c1-28-23(17-29-12-11-20-7-5-6-10-22(20)16-29)15-25(31)27(32)24(28)18-30-13-14-33-26(19-30)21-8-3-2-4-9-21/h2-10,15,26,32H,11-14,16-19H2,1H3. The van der Waals surface area contributed by atoms with Gasteiger partial charge in [0.2, 0.25) is 5.43 Å². The van der Waals surface area contributed by atoms with Crippen molar-refractivity contribution in [2.75, 3.05) is 26.2 Å². The van der Waals surface area contributed by atoms with E-state index in [9.17, 15) is 9.90 Å². The Morgan fingerprint density at radius 2 is 1.73 bits per heavy atom. The second-order valence-electron chi connectivity index (χ2n) is 9.09. The third-order valence-corrected chi connectivity index (χ3v) is 6.93. The Hall–Kier alpha value is -2.93. The summed E-state index contributed by atoms with van der Waals surface area (Å²) in [5.74, 6) is -0.145. The highest BCUT2D eigenvalue weighted by Crippen LogP contribution is 2.25. The Bertz CT molecular complexity index is 1170. The van der Waals surface area contributed by atoms with Gasteiger partial charge >= 0.3 is 0 Å². The highest BCUT2D eigenvalue weighted by molar-refractivity contribution is 5.32. The topological polar surface area (TPSA) is 57.9 Å². The van der Waals surface area contributed by atoms with E-state index in [4.69, 9.17) is 4.74 Å². The third kappa shape index (κ3) is 4.74. The number of pyridine rings is 1. The molecule has 6 heteroatoms. The summed E-state index contributed by atoms with van der Waals surface area (Å²) >= 11 is 0. The molecule has 2 aliphatic heterocycles. The molecular weight excluding hydrogens is 414 g/mol. The van der Waals surface area contributed by atoms with Gasteiger partial charge in [0, 0.05) is 58.1 Å². The van der Waals surface area contributed by atoms with Gasteiger partial charge in [-0.3, -0.25) is 14.6 Å². The zero-order valence-electron chi connectivity index (χ0n) is 19.1. The molecule has 3 aromatic rings. The molecule has 0 spiro atoms. The maximum atomic E-state index is 12.7. The van der Waals surface area contributed by atoms with Crippen molar-refractivity contribution in [1.29, 1.82) is 0 Å². The molecule has 33 heavy (non-hydrogen) atoms. The van der Waals surface area contributed by atoms with Crippen LogP contribution in [-0.4, -0.2) is 45.7 Å². The van der Waals surface area contributed by atoms with E-state index in [1.165, 1.54) is 11.1 Å². The maximum Gasteiger partial charge on any atom is 0.223 e. The summed E-state index contributed by atoms with van der Waals surface area (Å²) in [6.45, 7) is 5.16. The quantitative estimate of drug-likeness (QED) is 0.654. The van der Waals surface area contributed by atoms with Crippen molar-refractivity contribution < 1.29 is 9.84 Å². The lowest BCUT2D eigenvalue weighted by molar-refractivity contribution is -0.0338. The Labute approximate surface area is 194 Å². The summed E-state index contributed by atoms with van der Waals surface area (Å²) in [5, 5.41) is 10.6. The number of nitrogens with zero attached hydrogens (tertiary/aromatic N) is 3. The Morgan fingerprint density at radius 1 is 0.970 bits per heavy atom. The van der Waals surface area contributed by atoms with Crippen LogP contribution in [0.15, 0.2) is 65.5 Å². The van der Waals surface area contributed by atoms with E-state index in [0.29, 0.717) is 25.4 Å². The lowest BCUT2D eigenvalue weighted by Crippen LogP contribution is -2.39. The summed E-state index contributed by atoms with van der Waals surface area (Å²) in [7, 11) is 1.96. The monoisotopic (exact) mass is 445 g/mol. The number of rotatable bonds is 5. The first-order valence-corrected chi connectivity index (χ1v) is 11.7. The molecule has 172 valence electrons. The number of fused-ring (bicyclic) bond motifs is 1. The van der Waals surface area contributed by atoms with Crippen LogP contribution in [0.25, 0.3) is 0 Å². The Balaban J connectivity index is 1.34. The summed E-state index contributed by atoms with van der Waals surface area (Å²) in [5.41, 5.74) is 5.22. The zero-order valence-corrected chi connectivity index (χ0v) is 19.1. The Morgan fingerprint density at radius 3 is 2.55 bits per heavy atom. The van der Waals surface area contributed by atoms with E-state index < -0.39 is 0 Å². The molecule has 5 rings (SSSR count). The number of hydrogen-bond donors (Lipinski definition) is 1. The van der Waals surface area contributed by atoms with Crippen molar-refractivity contribution in [3.63, 3.8) is 0 Å². The van der Waals surface area contributed by atoms with Crippen molar-refractivity contribution in [3.8, 4) is 5.75 Å². The number of morpholine rings is 1. The molecule has 1 saturated heterocycles. The van der Waals surface area contributed by atoms with Gasteiger partial charge in [0.1, 0.15) is 0 Å². The molecule has 3 heterocycles. The van der Waals surface area contributed by atoms with Crippen LogP contribution < -0.4 is 5.43 Å².